The number of rotatable bonds is 6. The largest absolute Gasteiger partial charge is 0.330 e. The summed E-state index contributed by atoms with van der Waals surface area (Å²) in [6.45, 7) is 6.20. The van der Waals surface area contributed by atoms with Gasteiger partial charge in [-0.15, -0.1) is 0 Å². The molecule has 0 atom stereocenters. The van der Waals surface area contributed by atoms with Crippen LogP contribution in [0.15, 0.2) is 23.0 Å². The normalized spacial score (nSPS) is 16.8. The molecule has 1 aromatic heterocycles. The summed E-state index contributed by atoms with van der Waals surface area (Å²) in [6, 6.07) is 5.74. The molecule has 6 heteroatoms. The van der Waals surface area contributed by atoms with E-state index < -0.39 is 0 Å². The van der Waals surface area contributed by atoms with E-state index >= 15 is 0 Å². The van der Waals surface area contributed by atoms with Gasteiger partial charge in [-0.25, -0.2) is 4.98 Å². The number of H-pyrrole nitrogens is 1. The van der Waals surface area contributed by atoms with Gasteiger partial charge in [0, 0.05) is 5.25 Å². The molecule has 0 bridgehead atoms. The average Bonchev–Trinajstić information content (AvgIpc) is 2.60. The number of piperidine rings is 1. The summed E-state index contributed by atoms with van der Waals surface area (Å²) in [6.07, 6.45) is 3.48. The van der Waals surface area contributed by atoms with Crippen LogP contribution >= 0.6 is 11.8 Å². The minimum absolute atomic E-state index is 0.0316. The first-order valence-electron chi connectivity index (χ1n) is 8.70. The molecular formula is C18H26N4OS. The highest BCUT2D eigenvalue weighted by atomic mass is 32.2. The number of aromatic nitrogens is 2. The number of thioether (sulfide) groups is 1. The first-order chi connectivity index (χ1) is 11.7. The highest BCUT2D eigenvalue weighted by Gasteiger charge is 2.19. The molecule has 1 aliphatic heterocycles. The number of likely N-dealkylation sites (tertiary alicyclic amines) is 1. The molecule has 0 amide bonds. The van der Waals surface area contributed by atoms with Crippen molar-refractivity contribution >= 4 is 22.7 Å². The third-order valence-electron chi connectivity index (χ3n) is 4.66. The van der Waals surface area contributed by atoms with Crippen LogP contribution in [0.2, 0.25) is 0 Å². The number of hydrogen-bond acceptors (Lipinski definition) is 5. The Bertz CT molecular complexity index is 737. The third kappa shape index (κ3) is 4.18. The van der Waals surface area contributed by atoms with E-state index in [9.17, 15) is 4.79 Å². The van der Waals surface area contributed by atoms with Gasteiger partial charge >= 0.3 is 0 Å². The van der Waals surface area contributed by atoms with E-state index in [2.05, 4.69) is 14.9 Å². The summed E-state index contributed by atoms with van der Waals surface area (Å²) in [5, 5.41) is 1.33. The Morgan fingerprint density at radius 3 is 2.92 bits per heavy atom. The van der Waals surface area contributed by atoms with Gasteiger partial charge in [0.2, 0.25) is 0 Å². The maximum absolute atomic E-state index is 12.2. The van der Waals surface area contributed by atoms with Crippen LogP contribution in [0.3, 0.4) is 0 Å². The van der Waals surface area contributed by atoms with Gasteiger partial charge in [-0.2, -0.15) is 11.8 Å². The minimum Gasteiger partial charge on any atom is -0.330 e. The third-order valence-corrected chi connectivity index (χ3v) is 6.04. The zero-order valence-corrected chi connectivity index (χ0v) is 15.1. The molecule has 0 radical (unpaired) electrons. The predicted octanol–water partition coefficient (Wildman–Crippen LogP) is 2.28. The number of para-hydroxylation sites is 1. The van der Waals surface area contributed by atoms with Crippen LogP contribution in [0.5, 0.6) is 0 Å². The molecular weight excluding hydrogens is 320 g/mol. The number of aromatic amines is 1. The van der Waals surface area contributed by atoms with Gasteiger partial charge in [-0.3, -0.25) is 4.79 Å². The van der Waals surface area contributed by atoms with Crippen molar-refractivity contribution in [3.8, 4) is 0 Å². The van der Waals surface area contributed by atoms with Gasteiger partial charge < -0.3 is 15.6 Å². The molecule has 0 unspecified atom stereocenters. The van der Waals surface area contributed by atoms with Crippen LogP contribution in [0.1, 0.15) is 30.7 Å². The summed E-state index contributed by atoms with van der Waals surface area (Å²) in [5.41, 5.74) is 7.43. The zero-order chi connectivity index (χ0) is 16.9. The van der Waals surface area contributed by atoms with Gasteiger partial charge in [-0.1, -0.05) is 12.1 Å². The Morgan fingerprint density at radius 2 is 2.17 bits per heavy atom. The maximum Gasteiger partial charge on any atom is 0.258 e. The highest BCUT2D eigenvalue weighted by molar-refractivity contribution is 7.99. The number of fused-ring (bicyclic) bond motifs is 1. The van der Waals surface area contributed by atoms with Crippen molar-refractivity contribution in [3.63, 3.8) is 0 Å². The lowest BCUT2D eigenvalue weighted by Gasteiger charge is -2.31. The van der Waals surface area contributed by atoms with Crippen molar-refractivity contribution in [2.75, 3.05) is 26.2 Å². The van der Waals surface area contributed by atoms with Gasteiger partial charge in [0.1, 0.15) is 5.82 Å². The monoisotopic (exact) mass is 346 g/mol. The van der Waals surface area contributed by atoms with Gasteiger partial charge in [0.05, 0.1) is 16.7 Å². The smallest absolute Gasteiger partial charge is 0.258 e. The first kappa shape index (κ1) is 17.5. The summed E-state index contributed by atoms with van der Waals surface area (Å²) < 4.78 is 0. The standard InChI is InChI=1S/C18H26N4OS/c1-13-4-2-5-15-17(13)20-16(21-18(15)23)12-24-14-6-10-22(11-7-14)9-3-8-19/h2,4-5,14H,3,6-12,19H2,1H3,(H,20,21,23). The minimum atomic E-state index is -0.0316. The number of benzene rings is 1. The number of nitrogens with two attached hydrogens (primary N) is 1. The predicted molar refractivity (Wildman–Crippen MR) is 102 cm³/mol. The second-order valence-electron chi connectivity index (χ2n) is 6.48. The van der Waals surface area contributed by atoms with E-state index in [1.54, 1.807) is 0 Å². The molecule has 1 aliphatic rings. The van der Waals surface area contributed by atoms with Gasteiger partial charge in [-0.05, 0) is 64.0 Å². The van der Waals surface area contributed by atoms with E-state index in [0.717, 1.165) is 55.3 Å². The van der Waals surface area contributed by atoms with E-state index in [4.69, 9.17) is 5.73 Å². The Balaban J connectivity index is 1.59. The first-order valence-corrected chi connectivity index (χ1v) is 9.75. The lowest BCUT2D eigenvalue weighted by molar-refractivity contribution is 0.231. The topological polar surface area (TPSA) is 75.0 Å². The fourth-order valence-electron chi connectivity index (χ4n) is 3.23. The molecule has 0 saturated carbocycles. The van der Waals surface area contributed by atoms with Crippen LogP contribution < -0.4 is 11.3 Å². The number of hydrogen-bond donors (Lipinski definition) is 2. The van der Waals surface area contributed by atoms with Crippen molar-refractivity contribution in [3.05, 3.63) is 39.9 Å². The molecule has 1 fully saturated rings. The fraction of sp³-hybridized carbons (Fsp3) is 0.556. The van der Waals surface area contributed by atoms with Crippen molar-refractivity contribution in [1.29, 1.82) is 0 Å². The van der Waals surface area contributed by atoms with Crippen LogP contribution in [-0.2, 0) is 5.75 Å². The molecule has 0 spiro atoms. The summed E-state index contributed by atoms with van der Waals surface area (Å²) >= 11 is 1.92. The fourth-order valence-corrected chi connectivity index (χ4v) is 4.31. The molecule has 1 saturated heterocycles. The number of aryl methyl sites for hydroxylation is 1. The van der Waals surface area contributed by atoms with Crippen molar-refractivity contribution in [2.45, 2.75) is 37.2 Å². The Morgan fingerprint density at radius 1 is 1.38 bits per heavy atom. The van der Waals surface area contributed by atoms with Crippen LogP contribution in [0.4, 0.5) is 0 Å². The molecule has 2 aromatic rings. The van der Waals surface area contributed by atoms with Crippen molar-refractivity contribution in [1.82, 2.24) is 14.9 Å². The van der Waals surface area contributed by atoms with Gasteiger partial charge in [0.15, 0.2) is 0 Å². The van der Waals surface area contributed by atoms with Crippen molar-refractivity contribution in [2.24, 2.45) is 5.73 Å². The molecule has 24 heavy (non-hydrogen) atoms. The Hall–Kier alpha value is -1.37. The average molecular weight is 347 g/mol. The summed E-state index contributed by atoms with van der Waals surface area (Å²) in [4.78, 5) is 22.3. The summed E-state index contributed by atoms with van der Waals surface area (Å²) in [7, 11) is 0. The van der Waals surface area contributed by atoms with Crippen LogP contribution in [0.25, 0.3) is 10.9 Å². The number of nitrogens with zero attached hydrogens (tertiary/aromatic N) is 2. The summed E-state index contributed by atoms with van der Waals surface area (Å²) in [5.74, 6) is 1.56. The SMILES string of the molecule is Cc1cccc2c(=O)[nH]c(CSC3CCN(CCCN)CC3)nc12. The molecule has 130 valence electrons. The molecule has 0 aliphatic carbocycles. The Labute approximate surface area is 147 Å². The Kier molecular flexibility index (Phi) is 5.92. The molecule has 1 aromatic carbocycles. The van der Waals surface area contributed by atoms with E-state index in [1.807, 2.05) is 36.9 Å². The van der Waals surface area contributed by atoms with Crippen molar-refractivity contribution < 1.29 is 0 Å². The lowest BCUT2D eigenvalue weighted by atomic mass is 10.1. The van der Waals surface area contributed by atoms with E-state index in [1.165, 1.54) is 12.8 Å². The van der Waals surface area contributed by atoms with E-state index in [0.29, 0.717) is 10.6 Å². The quantitative estimate of drug-likeness (QED) is 0.839. The lowest BCUT2D eigenvalue weighted by Crippen LogP contribution is -2.36. The van der Waals surface area contributed by atoms with Crippen LogP contribution in [-0.4, -0.2) is 46.3 Å². The second-order valence-corrected chi connectivity index (χ2v) is 7.77. The molecule has 3 rings (SSSR count). The molecule has 5 nitrogen and oxygen atoms in total. The van der Waals surface area contributed by atoms with Crippen LogP contribution in [0, 0.1) is 6.92 Å². The van der Waals surface area contributed by atoms with Gasteiger partial charge in [0.25, 0.3) is 5.56 Å². The number of nitrogens with one attached hydrogen (secondary N) is 1. The maximum atomic E-state index is 12.2. The molecule has 3 N–H and O–H groups in total. The zero-order valence-electron chi connectivity index (χ0n) is 14.3. The molecule has 2 heterocycles. The highest BCUT2D eigenvalue weighted by Crippen LogP contribution is 2.26. The second kappa shape index (κ2) is 8.14. The van der Waals surface area contributed by atoms with E-state index in [-0.39, 0.29) is 5.56 Å².